The van der Waals surface area contributed by atoms with Gasteiger partial charge in [0, 0.05) is 37.1 Å². The number of oxime groups is 1. The first-order chi connectivity index (χ1) is 11.6. The van der Waals surface area contributed by atoms with Crippen molar-refractivity contribution in [3.8, 4) is 0 Å². The SMILES string of the molecule is O=C(C1CC(c2cc(F)ccc2F)=NO1)N1CCC2(CCOC2)C1. The Balaban J connectivity index is 1.42. The number of nitrogens with zero attached hydrogens (tertiary/aromatic N) is 2. The first kappa shape index (κ1) is 15.5. The van der Waals surface area contributed by atoms with E-state index in [9.17, 15) is 13.6 Å². The summed E-state index contributed by atoms with van der Waals surface area (Å²) >= 11 is 0. The van der Waals surface area contributed by atoms with E-state index in [1.165, 1.54) is 0 Å². The van der Waals surface area contributed by atoms with Gasteiger partial charge in [0.1, 0.15) is 11.6 Å². The first-order valence-electron chi connectivity index (χ1n) is 8.11. The molecule has 0 N–H and O–H groups in total. The fourth-order valence-corrected chi connectivity index (χ4v) is 3.69. The Bertz CT molecular complexity index is 701. The third kappa shape index (κ3) is 2.66. The fourth-order valence-electron chi connectivity index (χ4n) is 3.69. The zero-order chi connectivity index (χ0) is 16.7. The lowest BCUT2D eigenvalue weighted by Gasteiger charge is -2.23. The summed E-state index contributed by atoms with van der Waals surface area (Å²) in [6.07, 6.45) is 1.29. The highest BCUT2D eigenvalue weighted by Gasteiger charge is 2.45. The zero-order valence-electron chi connectivity index (χ0n) is 13.1. The molecule has 0 bridgehead atoms. The van der Waals surface area contributed by atoms with Crippen molar-refractivity contribution in [3.05, 3.63) is 35.4 Å². The van der Waals surface area contributed by atoms with Crippen molar-refractivity contribution in [2.45, 2.75) is 25.4 Å². The van der Waals surface area contributed by atoms with Gasteiger partial charge in [0.2, 0.25) is 6.10 Å². The molecular formula is C17H18F2N2O3. The fraction of sp³-hybridized carbons (Fsp3) is 0.529. The molecule has 0 saturated carbocycles. The second-order valence-corrected chi connectivity index (χ2v) is 6.77. The molecular weight excluding hydrogens is 318 g/mol. The molecule has 1 aromatic carbocycles. The van der Waals surface area contributed by atoms with Crippen molar-refractivity contribution < 1.29 is 23.1 Å². The predicted octanol–water partition coefficient (Wildman–Crippen LogP) is 2.10. The van der Waals surface area contributed by atoms with Crippen molar-refractivity contribution in [2.24, 2.45) is 10.6 Å². The Hall–Kier alpha value is -2.02. The standard InChI is InChI=1S/C17H18F2N2O3/c18-11-1-2-13(19)12(7-11)14-8-15(24-20-14)16(22)21-5-3-17(9-21)4-6-23-10-17/h1-2,7,15H,3-6,8-10H2. The van der Waals surface area contributed by atoms with Gasteiger partial charge in [-0.05, 0) is 31.0 Å². The summed E-state index contributed by atoms with van der Waals surface area (Å²) in [5, 5.41) is 3.81. The molecule has 3 heterocycles. The molecule has 5 nitrogen and oxygen atoms in total. The molecule has 7 heteroatoms. The molecule has 0 radical (unpaired) electrons. The van der Waals surface area contributed by atoms with Crippen LogP contribution in [0.3, 0.4) is 0 Å². The maximum Gasteiger partial charge on any atom is 0.266 e. The van der Waals surface area contributed by atoms with E-state index in [1.807, 2.05) is 0 Å². The van der Waals surface area contributed by atoms with Gasteiger partial charge in [-0.15, -0.1) is 0 Å². The largest absolute Gasteiger partial charge is 0.382 e. The van der Waals surface area contributed by atoms with Gasteiger partial charge in [-0.2, -0.15) is 0 Å². The number of hydrogen-bond donors (Lipinski definition) is 0. The van der Waals surface area contributed by atoms with Gasteiger partial charge < -0.3 is 14.5 Å². The summed E-state index contributed by atoms with van der Waals surface area (Å²) < 4.78 is 32.6. The monoisotopic (exact) mass is 336 g/mol. The second kappa shape index (κ2) is 5.81. The first-order valence-corrected chi connectivity index (χ1v) is 8.11. The van der Waals surface area contributed by atoms with Gasteiger partial charge in [-0.1, -0.05) is 5.16 Å². The highest BCUT2D eigenvalue weighted by molar-refractivity contribution is 6.04. The number of carbonyl (C=O) groups is 1. The van der Waals surface area contributed by atoms with E-state index in [2.05, 4.69) is 5.16 Å². The quantitative estimate of drug-likeness (QED) is 0.831. The van der Waals surface area contributed by atoms with Crippen molar-refractivity contribution >= 4 is 11.6 Å². The van der Waals surface area contributed by atoms with Crippen LogP contribution in [0.5, 0.6) is 0 Å². The van der Waals surface area contributed by atoms with E-state index in [4.69, 9.17) is 9.57 Å². The minimum atomic E-state index is -0.764. The van der Waals surface area contributed by atoms with E-state index in [0.717, 1.165) is 37.6 Å². The molecule has 128 valence electrons. The molecule has 24 heavy (non-hydrogen) atoms. The maximum absolute atomic E-state index is 13.8. The average Bonchev–Trinajstić information content (AvgIpc) is 3.31. The van der Waals surface area contributed by atoms with Crippen molar-refractivity contribution in [3.63, 3.8) is 0 Å². The Morgan fingerprint density at radius 3 is 3.00 bits per heavy atom. The minimum absolute atomic E-state index is 0.0485. The summed E-state index contributed by atoms with van der Waals surface area (Å²) in [6.45, 7) is 2.77. The molecule has 2 fully saturated rings. The van der Waals surface area contributed by atoms with Crippen LogP contribution in [0.15, 0.2) is 23.4 Å². The summed E-state index contributed by atoms with van der Waals surface area (Å²) in [4.78, 5) is 19.6. The third-order valence-corrected chi connectivity index (χ3v) is 5.12. The van der Waals surface area contributed by atoms with Crippen LogP contribution in [-0.2, 0) is 14.4 Å². The number of ether oxygens (including phenoxy) is 1. The molecule has 0 aromatic heterocycles. The second-order valence-electron chi connectivity index (χ2n) is 6.77. The number of benzene rings is 1. The third-order valence-electron chi connectivity index (χ3n) is 5.12. The van der Waals surface area contributed by atoms with Gasteiger partial charge in [0.15, 0.2) is 0 Å². The average molecular weight is 336 g/mol. The highest BCUT2D eigenvalue weighted by Crippen LogP contribution is 2.38. The zero-order valence-corrected chi connectivity index (χ0v) is 13.1. The summed E-state index contributed by atoms with van der Waals surface area (Å²) in [6, 6.07) is 3.17. The topological polar surface area (TPSA) is 51.1 Å². The smallest absolute Gasteiger partial charge is 0.266 e. The van der Waals surface area contributed by atoms with Crippen LogP contribution in [0, 0.1) is 17.0 Å². The summed E-state index contributed by atoms with van der Waals surface area (Å²) in [5.41, 5.74) is 0.392. The van der Waals surface area contributed by atoms with Gasteiger partial charge in [0.05, 0.1) is 12.3 Å². The van der Waals surface area contributed by atoms with Crippen LogP contribution >= 0.6 is 0 Å². The number of amides is 1. The van der Waals surface area contributed by atoms with Gasteiger partial charge in [-0.25, -0.2) is 8.78 Å². The predicted molar refractivity (Wildman–Crippen MR) is 81.5 cm³/mol. The lowest BCUT2D eigenvalue weighted by atomic mass is 9.87. The molecule has 4 rings (SSSR count). The molecule has 2 unspecified atom stereocenters. The van der Waals surface area contributed by atoms with Gasteiger partial charge >= 0.3 is 0 Å². The van der Waals surface area contributed by atoms with Crippen LogP contribution in [0.4, 0.5) is 8.78 Å². The van der Waals surface area contributed by atoms with E-state index in [0.29, 0.717) is 19.7 Å². The molecule has 2 saturated heterocycles. The molecule has 1 aromatic rings. The molecule has 1 spiro atoms. The number of carbonyl (C=O) groups excluding carboxylic acids is 1. The summed E-state index contributed by atoms with van der Waals surface area (Å²) in [5.74, 6) is -1.27. The van der Waals surface area contributed by atoms with Crippen LogP contribution in [0.25, 0.3) is 0 Å². The number of likely N-dealkylation sites (tertiary alicyclic amines) is 1. The Labute approximate surface area is 138 Å². The number of rotatable bonds is 2. The summed E-state index contributed by atoms with van der Waals surface area (Å²) in [7, 11) is 0. The van der Waals surface area contributed by atoms with Crippen LogP contribution in [0.1, 0.15) is 24.8 Å². The maximum atomic E-state index is 13.8. The number of hydrogen-bond acceptors (Lipinski definition) is 4. The lowest BCUT2D eigenvalue weighted by molar-refractivity contribution is -0.141. The van der Waals surface area contributed by atoms with E-state index in [-0.39, 0.29) is 29.0 Å². The van der Waals surface area contributed by atoms with Crippen molar-refractivity contribution in [1.82, 2.24) is 4.90 Å². The molecule has 3 aliphatic heterocycles. The molecule has 0 aliphatic carbocycles. The van der Waals surface area contributed by atoms with E-state index < -0.39 is 17.7 Å². The minimum Gasteiger partial charge on any atom is -0.382 e. The van der Waals surface area contributed by atoms with Gasteiger partial charge in [0.25, 0.3) is 5.91 Å². The van der Waals surface area contributed by atoms with Gasteiger partial charge in [-0.3, -0.25) is 4.79 Å². The van der Waals surface area contributed by atoms with Crippen molar-refractivity contribution in [1.29, 1.82) is 0 Å². The Kier molecular flexibility index (Phi) is 3.75. The normalized spacial score (nSPS) is 29.2. The van der Waals surface area contributed by atoms with Crippen molar-refractivity contribution in [2.75, 3.05) is 26.3 Å². The molecule has 3 aliphatic rings. The molecule has 2 atom stereocenters. The van der Waals surface area contributed by atoms with Crippen LogP contribution in [0.2, 0.25) is 0 Å². The Morgan fingerprint density at radius 1 is 1.33 bits per heavy atom. The molecule has 1 amide bonds. The highest BCUT2D eigenvalue weighted by atomic mass is 19.1. The Morgan fingerprint density at radius 2 is 2.21 bits per heavy atom. The van der Waals surface area contributed by atoms with Crippen LogP contribution in [-0.4, -0.2) is 48.9 Å². The van der Waals surface area contributed by atoms with Crippen LogP contribution < -0.4 is 0 Å². The lowest BCUT2D eigenvalue weighted by Crippen LogP contribution is -2.39. The number of halogens is 2. The van der Waals surface area contributed by atoms with E-state index >= 15 is 0 Å². The van der Waals surface area contributed by atoms with E-state index in [1.54, 1.807) is 4.90 Å².